The van der Waals surface area contributed by atoms with Crippen LogP contribution in [0.5, 0.6) is 0 Å². The molecule has 8 heteroatoms. The summed E-state index contributed by atoms with van der Waals surface area (Å²) >= 11 is 0. The van der Waals surface area contributed by atoms with Gasteiger partial charge in [-0.1, -0.05) is 0 Å². The van der Waals surface area contributed by atoms with Crippen LogP contribution >= 0.6 is 0 Å². The molecular weight excluding hydrogens is 330 g/mol. The number of amides is 1. The number of morpholine rings is 1. The van der Waals surface area contributed by atoms with Gasteiger partial charge in [0.2, 0.25) is 15.9 Å². The summed E-state index contributed by atoms with van der Waals surface area (Å²) in [5.41, 5.74) is 1.57. The molecule has 0 aliphatic carbocycles. The smallest absolute Gasteiger partial charge is 0.240 e. The molecular formula is C16H23N3O4S. The Morgan fingerprint density at radius 2 is 2.00 bits per heavy atom. The van der Waals surface area contributed by atoms with Crippen molar-refractivity contribution in [2.45, 2.75) is 24.2 Å². The molecule has 1 saturated heterocycles. The SMILES string of the molecule is O=C1CCc2cc(S(=O)(=O)NCCCN3CCOCC3)ccc2N1. The van der Waals surface area contributed by atoms with E-state index in [-0.39, 0.29) is 10.8 Å². The van der Waals surface area contributed by atoms with Crippen LogP contribution in [0.2, 0.25) is 0 Å². The van der Waals surface area contributed by atoms with Crippen molar-refractivity contribution in [3.05, 3.63) is 23.8 Å². The van der Waals surface area contributed by atoms with Crippen LogP contribution in [0.1, 0.15) is 18.4 Å². The van der Waals surface area contributed by atoms with Gasteiger partial charge in [-0.25, -0.2) is 13.1 Å². The summed E-state index contributed by atoms with van der Waals surface area (Å²) in [6.07, 6.45) is 1.73. The molecule has 1 fully saturated rings. The number of hydrogen-bond donors (Lipinski definition) is 2. The van der Waals surface area contributed by atoms with Gasteiger partial charge in [-0.15, -0.1) is 0 Å². The molecule has 7 nitrogen and oxygen atoms in total. The van der Waals surface area contributed by atoms with Gasteiger partial charge in [0, 0.05) is 31.7 Å². The van der Waals surface area contributed by atoms with E-state index >= 15 is 0 Å². The maximum absolute atomic E-state index is 12.4. The van der Waals surface area contributed by atoms with E-state index in [1.54, 1.807) is 12.1 Å². The standard InChI is InChI=1S/C16H23N3O4S/c20-16-5-2-13-12-14(3-4-15(13)18-16)24(21,22)17-6-1-7-19-8-10-23-11-9-19/h3-4,12,17H,1-2,5-11H2,(H,18,20). The van der Waals surface area contributed by atoms with Crippen LogP contribution in [0.4, 0.5) is 5.69 Å². The monoisotopic (exact) mass is 353 g/mol. The van der Waals surface area contributed by atoms with E-state index < -0.39 is 10.0 Å². The third-order valence-corrected chi connectivity index (χ3v) is 5.79. The van der Waals surface area contributed by atoms with E-state index in [1.807, 2.05) is 0 Å². The van der Waals surface area contributed by atoms with E-state index in [1.165, 1.54) is 6.07 Å². The van der Waals surface area contributed by atoms with E-state index in [2.05, 4.69) is 14.9 Å². The molecule has 1 aromatic carbocycles. The Kier molecular flexibility index (Phi) is 5.50. The van der Waals surface area contributed by atoms with Crippen LogP contribution in [0.3, 0.4) is 0 Å². The third-order valence-electron chi connectivity index (χ3n) is 4.33. The van der Waals surface area contributed by atoms with Crippen LogP contribution in [0.25, 0.3) is 0 Å². The van der Waals surface area contributed by atoms with Crippen LogP contribution in [0.15, 0.2) is 23.1 Å². The molecule has 0 spiro atoms. The summed E-state index contributed by atoms with van der Waals surface area (Å²) < 4.78 is 32.8. The van der Waals surface area contributed by atoms with Crippen molar-refractivity contribution in [1.82, 2.24) is 9.62 Å². The van der Waals surface area contributed by atoms with Crippen LogP contribution in [0, 0.1) is 0 Å². The van der Waals surface area contributed by atoms with Gasteiger partial charge in [0.25, 0.3) is 0 Å². The molecule has 2 N–H and O–H groups in total. The topological polar surface area (TPSA) is 87.7 Å². The minimum absolute atomic E-state index is 0.0284. The highest BCUT2D eigenvalue weighted by atomic mass is 32.2. The number of nitrogens with zero attached hydrogens (tertiary/aromatic N) is 1. The number of sulfonamides is 1. The Morgan fingerprint density at radius 3 is 2.79 bits per heavy atom. The predicted molar refractivity (Wildman–Crippen MR) is 90.5 cm³/mol. The van der Waals surface area contributed by atoms with Crippen molar-refractivity contribution in [2.24, 2.45) is 0 Å². The highest BCUT2D eigenvalue weighted by Crippen LogP contribution is 2.25. The maximum Gasteiger partial charge on any atom is 0.240 e. The van der Waals surface area contributed by atoms with Crippen LogP contribution in [-0.2, 0) is 26.0 Å². The minimum Gasteiger partial charge on any atom is -0.379 e. The first-order chi connectivity index (χ1) is 11.5. The van der Waals surface area contributed by atoms with Crippen molar-refractivity contribution < 1.29 is 17.9 Å². The number of rotatable bonds is 6. The van der Waals surface area contributed by atoms with Gasteiger partial charge < -0.3 is 10.1 Å². The summed E-state index contributed by atoms with van der Waals surface area (Å²) in [4.78, 5) is 13.9. The van der Waals surface area contributed by atoms with Gasteiger partial charge in [0.05, 0.1) is 18.1 Å². The fraction of sp³-hybridized carbons (Fsp3) is 0.562. The molecule has 1 aromatic rings. The highest BCUT2D eigenvalue weighted by molar-refractivity contribution is 7.89. The Hall–Kier alpha value is -1.48. The minimum atomic E-state index is -3.52. The predicted octanol–water partition coefficient (Wildman–Crippen LogP) is 0.572. The average Bonchev–Trinajstić information content (AvgIpc) is 2.59. The number of carbonyl (C=O) groups is 1. The van der Waals surface area contributed by atoms with E-state index in [9.17, 15) is 13.2 Å². The normalized spacial score (nSPS) is 18.9. The van der Waals surface area contributed by atoms with Gasteiger partial charge in [0.15, 0.2) is 0 Å². The lowest BCUT2D eigenvalue weighted by Gasteiger charge is -2.26. The first-order valence-electron chi connectivity index (χ1n) is 8.27. The molecule has 0 atom stereocenters. The molecule has 132 valence electrons. The molecule has 1 amide bonds. The molecule has 0 saturated carbocycles. The number of nitrogens with one attached hydrogen (secondary N) is 2. The number of anilines is 1. The number of aryl methyl sites for hydroxylation is 1. The molecule has 3 rings (SSSR count). The zero-order valence-corrected chi connectivity index (χ0v) is 14.4. The highest BCUT2D eigenvalue weighted by Gasteiger charge is 2.19. The first-order valence-corrected chi connectivity index (χ1v) is 9.75. The van der Waals surface area contributed by atoms with Crippen molar-refractivity contribution in [2.75, 3.05) is 44.7 Å². The zero-order chi connectivity index (χ0) is 17.0. The van der Waals surface area contributed by atoms with Crippen molar-refractivity contribution >= 4 is 21.6 Å². The van der Waals surface area contributed by atoms with Gasteiger partial charge in [-0.05, 0) is 43.1 Å². The summed E-state index contributed by atoms with van der Waals surface area (Å²) in [6, 6.07) is 4.85. The van der Waals surface area contributed by atoms with Gasteiger partial charge in [0.1, 0.15) is 0 Å². The fourth-order valence-corrected chi connectivity index (χ4v) is 4.07. The average molecular weight is 353 g/mol. The van der Waals surface area contributed by atoms with E-state index in [0.717, 1.165) is 44.8 Å². The zero-order valence-electron chi connectivity index (χ0n) is 13.6. The second-order valence-electron chi connectivity index (χ2n) is 6.07. The first kappa shape index (κ1) is 17.3. The Bertz CT molecular complexity index is 699. The largest absolute Gasteiger partial charge is 0.379 e. The second kappa shape index (κ2) is 7.60. The van der Waals surface area contributed by atoms with Crippen LogP contribution < -0.4 is 10.0 Å². The van der Waals surface area contributed by atoms with Gasteiger partial charge in [-0.3, -0.25) is 9.69 Å². The van der Waals surface area contributed by atoms with Crippen LogP contribution in [-0.4, -0.2) is 58.6 Å². The number of hydrogen-bond acceptors (Lipinski definition) is 5. The molecule has 2 aliphatic heterocycles. The Balaban J connectivity index is 1.54. The quantitative estimate of drug-likeness (QED) is 0.730. The van der Waals surface area contributed by atoms with E-state index in [0.29, 0.717) is 25.1 Å². The van der Waals surface area contributed by atoms with Gasteiger partial charge >= 0.3 is 0 Å². The maximum atomic E-state index is 12.4. The molecule has 0 bridgehead atoms. The number of ether oxygens (including phenoxy) is 1. The van der Waals surface area contributed by atoms with Crippen molar-refractivity contribution in [3.8, 4) is 0 Å². The number of fused-ring (bicyclic) bond motifs is 1. The molecule has 2 aliphatic rings. The molecule has 0 unspecified atom stereocenters. The summed E-state index contributed by atoms with van der Waals surface area (Å²) in [5.74, 6) is -0.0284. The molecule has 0 radical (unpaired) electrons. The van der Waals surface area contributed by atoms with E-state index in [4.69, 9.17) is 4.74 Å². The molecule has 2 heterocycles. The summed E-state index contributed by atoms with van der Waals surface area (Å²) in [7, 11) is -3.52. The summed E-state index contributed by atoms with van der Waals surface area (Å²) in [5, 5.41) is 2.76. The Morgan fingerprint density at radius 1 is 1.21 bits per heavy atom. The number of benzene rings is 1. The number of carbonyl (C=O) groups excluding carboxylic acids is 1. The molecule has 24 heavy (non-hydrogen) atoms. The third kappa shape index (κ3) is 4.32. The lowest BCUT2D eigenvalue weighted by atomic mass is 10.0. The van der Waals surface area contributed by atoms with Gasteiger partial charge in [-0.2, -0.15) is 0 Å². The van der Waals surface area contributed by atoms with Crippen molar-refractivity contribution in [1.29, 1.82) is 0 Å². The fourth-order valence-electron chi connectivity index (χ4n) is 2.94. The lowest BCUT2D eigenvalue weighted by Crippen LogP contribution is -2.38. The van der Waals surface area contributed by atoms with Crippen molar-refractivity contribution in [3.63, 3.8) is 0 Å². The lowest BCUT2D eigenvalue weighted by molar-refractivity contribution is -0.116. The summed E-state index contributed by atoms with van der Waals surface area (Å²) in [6.45, 7) is 4.58. The molecule has 0 aromatic heterocycles. The Labute approximate surface area is 142 Å². The second-order valence-corrected chi connectivity index (χ2v) is 7.84.